The number of carbonyl (C=O) groups is 1. The molecular formula is C15H13ClN2O2S2. The molecule has 0 bridgehead atoms. The Kier molecular flexibility index (Phi) is 4.61. The van der Waals surface area contributed by atoms with E-state index in [-0.39, 0.29) is 5.91 Å². The van der Waals surface area contributed by atoms with E-state index in [0.29, 0.717) is 29.6 Å². The molecule has 4 nitrogen and oxygen atoms in total. The molecule has 3 aromatic heterocycles. The summed E-state index contributed by atoms with van der Waals surface area (Å²) in [7, 11) is 0. The molecular weight excluding hydrogens is 340 g/mol. The number of thiazole rings is 1. The number of nitrogens with zero attached hydrogens (tertiary/aromatic N) is 2. The standard InChI is InChI=1S/C15H13ClN2O2S2/c1-2-18(8-10-5-6-13(16)22-10)15(19)11-9-21-14(17-11)12-4-3-7-20-12/h3-7,9H,2,8H2,1H3. The molecule has 0 saturated carbocycles. The second-order valence-corrected chi connectivity index (χ2v) is 7.20. The second kappa shape index (κ2) is 6.64. The van der Waals surface area contributed by atoms with Crippen LogP contribution in [-0.2, 0) is 6.54 Å². The molecule has 3 rings (SSSR count). The topological polar surface area (TPSA) is 46.3 Å². The minimum absolute atomic E-state index is 0.0823. The van der Waals surface area contributed by atoms with Crippen LogP contribution in [0.1, 0.15) is 22.3 Å². The van der Waals surface area contributed by atoms with Gasteiger partial charge in [-0.2, -0.15) is 0 Å². The van der Waals surface area contributed by atoms with E-state index in [9.17, 15) is 4.79 Å². The number of aromatic nitrogens is 1. The summed E-state index contributed by atoms with van der Waals surface area (Å²) in [5.74, 6) is 0.596. The van der Waals surface area contributed by atoms with Crippen molar-refractivity contribution in [3.05, 3.63) is 50.8 Å². The fourth-order valence-electron chi connectivity index (χ4n) is 2.00. The first-order valence-corrected chi connectivity index (χ1v) is 8.77. The molecule has 0 fully saturated rings. The molecule has 0 aliphatic heterocycles. The highest BCUT2D eigenvalue weighted by atomic mass is 35.5. The van der Waals surface area contributed by atoms with Crippen LogP contribution in [0.15, 0.2) is 40.3 Å². The quantitative estimate of drug-likeness (QED) is 0.663. The van der Waals surface area contributed by atoms with E-state index in [1.165, 1.54) is 22.7 Å². The van der Waals surface area contributed by atoms with E-state index in [2.05, 4.69) is 4.98 Å². The van der Waals surface area contributed by atoms with Gasteiger partial charge in [0.05, 0.1) is 17.1 Å². The number of amides is 1. The number of thiophene rings is 1. The molecule has 0 N–H and O–H groups in total. The van der Waals surface area contributed by atoms with Crippen molar-refractivity contribution in [1.29, 1.82) is 0 Å². The van der Waals surface area contributed by atoms with E-state index < -0.39 is 0 Å². The third kappa shape index (κ3) is 3.24. The normalized spacial score (nSPS) is 10.8. The van der Waals surface area contributed by atoms with Gasteiger partial charge in [-0.3, -0.25) is 4.79 Å². The Balaban J connectivity index is 1.76. The first kappa shape index (κ1) is 15.3. The minimum Gasteiger partial charge on any atom is -0.462 e. The van der Waals surface area contributed by atoms with Crippen LogP contribution in [0.3, 0.4) is 0 Å². The molecule has 0 aliphatic rings. The van der Waals surface area contributed by atoms with Crippen LogP contribution < -0.4 is 0 Å². The zero-order valence-corrected chi connectivity index (χ0v) is 14.2. The molecule has 114 valence electrons. The van der Waals surface area contributed by atoms with Crippen molar-refractivity contribution < 1.29 is 9.21 Å². The van der Waals surface area contributed by atoms with E-state index >= 15 is 0 Å². The van der Waals surface area contributed by atoms with Gasteiger partial charge in [-0.25, -0.2) is 4.98 Å². The van der Waals surface area contributed by atoms with Gasteiger partial charge in [0.1, 0.15) is 5.69 Å². The van der Waals surface area contributed by atoms with Crippen molar-refractivity contribution in [1.82, 2.24) is 9.88 Å². The zero-order chi connectivity index (χ0) is 15.5. The Morgan fingerprint density at radius 1 is 1.41 bits per heavy atom. The van der Waals surface area contributed by atoms with Gasteiger partial charge in [0.2, 0.25) is 0 Å². The summed E-state index contributed by atoms with van der Waals surface area (Å²) in [5.41, 5.74) is 0.445. The highest BCUT2D eigenvalue weighted by Gasteiger charge is 2.19. The molecule has 3 aromatic rings. The number of halogens is 1. The van der Waals surface area contributed by atoms with Gasteiger partial charge >= 0.3 is 0 Å². The third-order valence-corrected chi connectivity index (χ3v) is 5.17. The number of carbonyl (C=O) groups excluding carboxylic acids is 1. The van der Waals surface area contributed by atoms with Crippen LogP contribution in [0.25, 0.3) is 10.8 Å². The van der Waals surface area contributed by atoms with Gasteiger partial charge in [0.15, 0.2) is 10.8 Å². The minimum atomic E-state index is -0.0823. The Morgan fingerprint density at radius 2 is 2.27 bits per heavy atom. The van der Waals surface area contributed by atoms with Crippen molar-refractivity contribution in [2.45, 2.75) is 13.5 Å². The first-order valence-electron chi connectivity index (χ1n) is 6.70. The maximum atomic E-state index is 12.6. The average Bonchev–Trinajstić information content (AvgIpc) is 3.24. The molecule has 0 radical (unpaired) electrons. The molecule has 0 spiro atoms. The lowest BCUT2D eigenvalue weighted by Crippen LogP contribution is -2.30. The number of furan rings is 1. The lowest BCUT2D eigenvalue weighted by Gasteiger charge is -2.18. The highest BCUT2D eigenvalue weighted by molar-refractivity contribution is 7.16. The van der Waals surface area contributed by atoms with Gasteiger partial charge in [-0.05, 0) is 31.2 Å². The van der Waals surface area contributed by atoms with Gasteiger partial charge < -0.3 is 9.32 Å². The van der Waals surface area contributed by atoms with E-state index in [0.717, 1.165) is 9.21 Å². The Morgan fingerprint density at radius 3 is 2.91 bits per heavy atom. The van der Waals surface area contributed by atoms with Crippen molar-refractivity contribution in [3.63, 3.8) is 0 Å². The SMILES string of the molecule is CCN(Cc1ccc(Cl)s1)C(=O)c1csc(-c2ccco2)n1. The number of hydrogen-bond donors (Lipinski definition) is 0. The Bertz CT molecular complexity index is 764. The number of rotatable bonds is 5. The van der Waals surface area contributed by atoms with Crippen molar-refractivity contribution >= 4 is 40.2 Å². The first-order chi connectivity index (χ1) is 10.7. The Labute approximate surface area is 141 Å². The summed E-state index contributed by atoms with van der Waals surface area (Å²) in [6.07, 6.45) is 1.59. The molecule has 0 aliphatic carbocycles. The molecule has 3 heterocycles. The molecule has 0 atom stereocenters. The Hall–Kier alpha value is -1.63. The predicted octanol–water partition coefficient (Wildman–Crippen LogP) is 4.78. The molecule has 0 aromatic carbocycles. The summed E-state index contributed by atoms with van der Waals surface area (Å²) in [6.45, 7) is 3.11. The van der Waals surface area contributed by atoms with Gasteiger partial charge in [0, 0.05) is 16.8 Å². The highest BCUT2D eigenvalue weighted by Crippen LogP contribution is 2.26. The molecule has 22 heavy (non-hydrogen) atoms. The zero-order valence-electron chi connectivity index (χ0n) is 11.8. The van der Waals surface area contributed by atoms with Gasteiger partial charge in [-0.1, -0.05) is 11.6 Å². The van der Waals surface area contributed by atoms with Crippen LogP contribution in [0.5, 0.6) is 0 Å². The summed E-state index contributed by atoms with van der Waals surface area (Å²) < 4.78 is 6.04. The molecule has 0 saturated heterocycles. The van der Waals surface area contributed by atoms with Crippen LogP contribution >= 0.6 is 34.3 Å². The van der Waals surface area contributed by atoms with E-state index in [4.69, 9.17) is 16.0 Å². The summed E-state index contributed by atoms with van der Waals surface area (Å²) in [5, 5.41) is 2.48. The summed E-state index contributed by atoms with van der Waals surface area (Å²) >= 11 is 8.83. The lowest BCUT2D eigenvalue weighted by molar-refractivity contribution is 0.0749. The molecule has 7 heteroatoms. The smallest absolute Gasteiger partial charge is 0.273 e. The van der Waals surface area contributed by atoms with Crippen LogP contribution in [-0.4, -0.2) is 22.3 Å². The molecule has 1 amide bonds. The molecule has 0 unspecified atom stereocenters. The second-order valence-electron chi connectivity index (χ2n) is 4.54. The maximum absolute atomic E-state index is 12.6. The van der Waals surface area contributed by atoms with Crippen LogP contribution in [0.2, 0.25) is 4.34 Å². The van der Waals surface area contributed by atoms with E-state index in [1.54, 1.807) is 22.6 Å². The number of hydrogen-bond acceptors (Lipinski definition) is 5. The van der Waals surface area contributed by atoms with Gasteiger partial charge in [0.25, 0.3) is 5.91 Å². The average molecular weight is 353 g/mol. The fraction of sp³-hybridized carbons (Fsp3) is 0.200. The summed E-state index contributed by atoms with van der Waals surface area (Å²) in [6, 6.07) is 7.42. The summed E-state index contributed by atoms with van der Waals surface area (Å²) in [4.78, 5) is 19.8. The van der Waals surface area contributed by atoms with Crippen LogP contribution in [0, 0.1) is 0 Å². The monoisotopic (exact) mass is 352 g/mol. The lowest BCUT2D eigenvalue weighted by atomic mass is 10.3. The van der Waals surface area contributed by atoms with Crippen molar-refractivity contribution in [2.24, 2.45) is 0 Å². The van der Waals surface area contributed by atoms with Crippen molar-refractivity contribution in [3.8, 4) is 10.8 Å². The third-order valence-electron chi connectivity index (χ3n) is 3.10. The van der Waals surface area contributed by atoms with E-state index in [1.807, 2.05) is 25.1 Å². The predicted molar refractivity (Wildman–Crippen MR) is 89.6 cm³/mol. The van der Waals surface area contributed by atoms with Crippen molar-refractivity contribution in [2.75, 3.05) is 6.54 Å². The van der Waals surface area contributed by atoms with Gasteiger partial charge in [-0.15, -0.1) is 22.7 Å². The van der Waals surface area contributed by atoms with Crippen LogP contribution in [0.4, 0.5) is 0 Å². The fourth-order valence-corrected chi connectivity index (χ4v) is 3.86. The maximum Gasteiger partial charge on any atom is 0.273 e. The largest absolute Gasteiger partial charge is 0.462 e.